The first-order chi connectivity index (χ1) is 10.0. The average Bonchev–Trinajstić information content (AvgIpc) is 2.46. The summed E-state index contributed by atoms with van der Waals surface area (Å²) in [7, 11) is 0. The molecule has 0 saturated heterocycles. The van der Waals surface area contributed by atoms with Crippen LogP contribution in [0.1, 0.15) is 38.7 Å². The summed E-state index contributed by atoms with van der Waals surface area (Å²) in [5, 5.41) is 3.53. The number of nitrogens with one attached hydrogen (secondary N) is 1. The number of carbonyl (C=O) groups excluding carboxylic acids is 2. The predicted octanol–water partition coefficient (Wildman–Crippen LogP) is 2.99. The Bertz CT molecular complexity index is 460. The molecule has 5 heteroatoms. The van der Waals surface area contributed by atoms with Crippen molar-refractivity contribution in [2.45, 2.75) is 39.7 Å². The number of halogens is 1. The number of hydrogen-bond acceptors (Lipinski definition) is 2. The summed E-state index contributed by atoms with van der Waals surface area (Å²) >= 11 is 5.81. The molecule has 1 rings (SSSR count). The molecule has 0 fully saturated rings. The van der Waals surface area contributed by atoms with Gasteiger partial charge in [0.1, 0.15) is 0 Å². The molecule has 0 aliphatic rings. The van der Waals surface area contributed by atoms with E-state index < -0.39 is 0 Å². The molecule has 116 valence electrons. The van der Waals surface area contributed by atoms with Crippen molar-refractivity contribution < 1.29 is 9.59 Å². The van der Waals surface area contributed by atoms with Crippen molar-refractivity contribution in [1.82, 2.24) is 10.2 Å². The van der Waals surface area contributed by atoms with E-state index in [1.54, 1.807) is 24.0 Å². The van der Waals surface area contributed by atoms with Gasteiger partial charge in [-0.15, -0.1) is 0 Å². The van der Waals surface area contributed by atoms with Gasteiger partial charge in [0, 0.05) is 38.0 Å². The van der Waals surface area contributed by atoms with Crippen LogP contribution < -0.4 is 5.32 Å². The van der Waals surface area contributed by atoms with Crippen LogP contribution in [0, 0.1) is 0 Å². The van der Waals surface area contributed by atoms with Crippen LogP contribution in [-0.2, 0) is 16.1 Å². The van der Waals surface area contributed by atoms with Gasteiger partial charge in [0.2, 0.25) is 11.8 Å². The van der Waals surface area contributed by atoms with E-state index in [2.05, 4.69) is 12.2 Å². The Labute approximate surface area is 131 Å². The van der Waals surface area contributed by atoms with Crippen LogP contribution in [0.25, 0.3) is 0 Å². The first-order valence-corrected chi connectivity index (χ1v) is 7.67. The van der Waals surface area contributed by atoms with Gasteiger partial charge in [-0.2, -0.15) is 0 Å². The van der Waals surface area contributed by atoms with Gasteiger partial charge >= 0.3 is 0 Å². The van der Waals surface area contributed by atoms with Gasteiger partial charge in [0.25, 0.3) is 0 Å². The Morgan fingerprint density at radius 1 is 1.19 bits per heavy atom. The van der Waals surface area contributed by atoms with E-state index in [-0.39, 0.29) is 11.8 Å². The Hall–Kier alpha value is -1.55. The van der Waals surface area contributed by atoms with Crippen LogP contribution in [0.4, 0.5) is 0 Å². The molecule has 4 nitrogen and oxygen atoms in total. The van der Waals surface area contributed by atoms with Crippen LogP contribution >= 0.6 is 11.6 Å². The molecule has 0 spiro atoms. The second-order valence-electron chi connectivity index (χ2n) is 5.01. The summed E-state index contributed by atoms with van der Waals surface area (Å²) in [4.78, 5) is 25.0. The molecule has 0 bridgehead atoms. The quantitative estimate of drug-likeness (QED) is 0.802. The number of unbranched alkanes of at least 4 members (excludes halogenated alkanes) is 1. The summed E-state index contributed by atoms with van der Waals surface area (Å²) in [6.45, 7) is 5.29. The highest BCUT2D eigenvalue weighted by atomic mass is 35.5. The van der Waals surface area contributed by atoms with E-state index >= 15 is 0 Å². The van der Waals surface area contributed by atoms with Gasteiger partial charge in [-0.25, -0.2) is 0 Å². The van der Waals surface area contributed by atoms with Crippen molar-refractivity contribution in [2.75, 3.05) is 13.1 Å². The van der Waals surface area contributed by atoms with E-state index in [9.17, 15) is 9.59 Å². The smallest absolute Gasteiger partial charge is 0.222 e. The summed E-state index contributed by atoms with van der Waals surface area (Å²) in [5.41, 5.74) is 1.00. The van der Waals surface area contributed by atoms with Crippen molar-refractivity contribution in [3.8, 4) is 0 Å². The van der Waals surface area contributed by atoms with E-state index in [4.69, 9.17) is 11.6 Å². The molecule has 1 aromatic rings. The highest BCUT2D eigenvalue weighted by Gasteiger charge is 2.10. The topological polar surface area (TPSA) is 49.4 Å². The Morgan fingerprint density at radius 3 is 2.43 bits per heavy atom. The number of benzene rings is 1. The van der Waals surface area contributed by atoms with Crippen LogP contribution in [0.15, 0.2) is 24.3 Å². The highest BCUT2D eigenvalue weighted by molar-refractivity contribution is 6.30. The van der Waals surface area contributed by atoms with Crippen LogP contribution in [0.3, 0.4) is 0 Å². The maximum absolute atomic E-state index is 11.8. The van der Waals surface area contributed by atoms with Crippen molar-refractivity contribution in [3.05, 3.63) is 34.9 Å². The van der Waals surface area contributed by atoms with Crippen LogP contribution in [0.2, 0.25) is 5.02 Å². The molecular weight excluding hydrogens is 288 g/mol. The minimum atomic E-state index is -0.0484. The van der Waals surface area contributed by atoms with Crippen molar-refractivity contribution in [2.24, 2.45) is 0 Å². The minimum absolute atomic E-state index is 0.0222. The fourth-order valence-corrected chi connectivity index (χ4v) is 2.03. The second-order valence-corrected chi connectivity index (χ2v) is 5.45. The molecule has 0 aromatic heterocycles. The van der Waals surface area contributed by atoms with E-state index in [1.807, 2.05) is 12.1 Å². The van der Waals surface area contributed by atoms with E-state index in [0.717, 1.165) is 24.9 Å². The summed E-state index contributed by atoms with van der Waals surface area (Å²) in [6, 6.07) is 7.36. The molecule has 21 heavy (non-hydrogen) atoms. The zero-order chi connectivity index (χ0) is 15.7. The molecule has 2 amide bonds. The van der Waals surface area contributed by atoms with E-state index in [0.29, 0.717) is 24.5 Å². The number of amides is 2. The van der Waals surface area contributed by atoms with Crippen molar-refractivity contribution >= 4 is 23.4 Å². The lowest BCUT2D eigenvalue weighted by atomic mass is 10.2. The van der Waals surface area contributed by atoms with E-state index in [1.165, 1.54) is 0 Å². The zero-order valence-corrected chi connectivity index (χ0v) is 13.4. The van der Waals surface area contributed by atoms with Gasteiger partial charge in [-0.3, -0.25) is 9.59 Å². The largest absolute Gasteiger partial charge is 0.352 e. The molecule has 0 saturated carbocycles. The predicted molar refractivity (Wildman–Crippen MR) is 85.1 cm³/mol. The van der Waals surface area contributed by atoms with Gasteiger partial charge < -0.3 is 10.2 Å². The van der Waals surface area contributed by atoms with Crippen LogP contribution in [0.5, 0.6) is 0 Å². The average molecular weight is 311 g/mol. The number of nitrogens with zero attached hydrogens (tertiary/aromatic N) is 1. The SMILES string of the molecule is CCCCN(CCC(=O)NCc1ccc(Cl)cc1)C(C)=O. The summed E-state index contributed by atoms with van der Waals surface area (Å²) in [5.74, 6) is -0.0263. The maximum atomic E-state index is 11.8. The number of carbonyl (C=O) groups is 2. The lowest BCUT2D eigenvalue weighted by molar-refractivity contribution is -0.129. The third kappa shape index (κ3) is 7.14. The molecule has 0 aliphatic carbocycles. The number of hydrogen-bond donors (Lipinski definition) is 1. The third-order valence-corrected chi connectivity index (χ3v) is 3.49. The monoisotopic (exact) mass is 310 g/mol. The molecule has 0 unspecified atom stereocenters. The Balaban J connectivity index is 2.32. The Kier molecular flexibility index (Phi) is 7.83. The first kappa shape index (κ1) is 17.5. The van der Waals surface area contributed by atoms with Crippen molar-refractivity contribution in [1.29, 1.82) is 0 Å². The molecule has 1 aromatic carbocycles. The molecular formula is C16H23ClN2O2. The van der Waals surface area contributed by atoms with Crippen molar-refractivity contribution in [3.63, 3.8) is 0 Å². The number of rotatable bonds is 8. The highest BCUT2D eigenvalue weighted by Crippen LogP contribution is 2.09. The molecule has 1 N–H and O–H groups in total. The molecule has 0 heterocycles. The standard InChI is InChI=1S/C16H23ClN2O2/c1-3-4-10-19(13(2)20)11-9-16(21)18-12-14-5-7-15(17)8-6-14/h5-8H,3-4,9-12H2,1-2H3,(H,18,21). The maximum Gasteiger partial charge on any atom is 0.222 e. The van der Waals surface area contributed by atoms with Gasteiger partial charge in [0.05, 0.1) is 0 Å². The second kappa shape index (κ2) is 9.40. The third-order valence-electron chi connectivity index (χ3n) is 3.24. The lowest BCUT2D eigenvalue weighted by Crippen LogP contribution is -2.34. The lowest BCUT2D eigenvalue weighted by Gasteiger charge is -2.20. The molecule has 0 atom stereocenters. The van der Waals surface area contributed by atoms with Gasteiger partial charge in [-0.1, -0.05) is 37.1 Å². The summed E-state index contributed by atoms with van der Waals surface area (Å²) < 4.78 is 0. The Morgan fingerprint density at radius 2 is 1.86 bits per heavy atom. The first-order valence-electron chi connectivity index (χ1n) is 7.29. The molecule has 0 radical (unpaired) electrons. The summed E-state index contributed by atoms with van der Waals surface area (Å²) in [6.07, 6.45) is 2.33. The van der Waals surface area contributed by atoms with Gasteiger partial charge in [0.15, 0.2) is 0 Å². The fraction of sp³-hybridized carbons (Fsp3) is 0.500. The molecule has 0 aliphatic heterocycles. The normalized spacial score (nSPS) is 10.2. The fourth-order valence-electron chi connectivity index (χ4n) is 1.90. The zero-order valence-electron chi connectivity index (χ0n) is 12.7. The minimum Gasteiger partial charge on any atom is -0.352 e. The van der Waals surface area contributed by atoms with Gasteiger partial charge in [-0.05, 0) is 24.1 Å². The van der Waals surface area contributed by atoms with Crippen LogP contribution in [-0.4, -0.2) is 29.8 Å².